The predicted octanol–water partition coefficient (Wildman–Crippen LogP) is 5.37. The molecule has 2 aliphatic heterocycles. The summed E-state index contributed by atoms with van der Waals surface area (Å²) >= 11 is 7.57. The second kappa shape index (κ2) is 11.1. The Morgan fingerprint density at radius 1 is 0.944 bits per heavy atom. The predicted molar refractivity (Wildman–Crippen MR) is 146 cm³/mol. The minimum Gasteiger partial charge on any atom is -0.356 e. The van der Waals surface area contributed by atoms with Crippen LogP contribution in [0.15, 0.2) is 88.8 Å². The quantitative estimate of drug-likeness (QED) is 0.436. The number of amides is 2. The molecule has 36 heavy (non-hydrogen) atoms. The van der Waals surface area contributed by atoms with Gasteiger partial charge in [0, 0.05) is 29.3 Å². The molecule has 1 unspecified atom stereocenters. The van der Waals surface area contributed by atoms with Gasteiger partial charge in [-0.2, -0.15) is 4.99 Å². The van der Waals surface area contributed by atoms with Gasteiger partial charge in [-0.1, -0.05) is 78.0 Å². The summed E-state index contributed by atoms with van der Waals surface area (Å²) in [5.74, 6) is 0.970. The van der Waals surface area contributed by atoms with E-state index in [4.69, 9.17) is 16.6 Å². The fourth-order valence-electron chi connectivity index (χ4n) is 4.25. The summed E-state index contributed by atoms with van der Waals surface area (Å²) in [6.45, 7) is 0.559. The van der Waals surface area contributed by atoms with Crippen LogP contribution in [0.4, 0.5) is 5.69 Å². The van der Waals surface area contributed by atoms with E-state index in [1.54, 1.807) is 11.8 Å². The van der Waals surface area contributed by atoms with Gasteiger partial charge >= 0.3 is 0 Å². The Kier molecular flexibility index (Phi) is 7.49. The zero-order chi connectivity index (χ0) is 24.9. The number of carbonyl (C=O) groups is 2. The maximum atomic E-state index is 13.0. The van der Waals surface area contributed by atoms with Crippen molar-refractivity contribution >= 4 is 51.9 Å². The first-order valence-corrected chi connectivity index (χ1v) is 13.2. The molecule has 0 bridgehead atoms. The average Bonchev–Trinajstić information content (AvgIpc) is 3.24. The van der Waals surface area contributed by atoms with Gasteiger partial charge in [0.2, 0.25) is 5.91 Å². The molecule has 0 aromatic heterocycles. The molecule has 2 amide bonds. The van der Waals surface area contributed by atoms with Crippen LogP contribution < -0.4 is 5.32 Å². The molecule has 8 heteroatoms. The summed E-state index contributed by atoms with van der Waals surface area (Å²) < 4.78 is 0. The third-order valence-electron chi connectivity index (χ3n) is 6.11. The Morgan fingerprint density at radius 2 is 1.69 bits per heavy atom. The first-order chi connectivity index (χ1) is 17.6. The van der Waals surface area contributed by atoms with Crippen molar-refractivity contribution in [2.24, 2.45) is 9.98 Å². The van der Waals surface area contributed by atoms with Crippen LogP contribution in [-0.4, -0.2) is 40.3 Å². The van der Waals surface area contributed by atoms with Crippen molar-refractivity contribution in [1.82, 2.24) is 10.2 Å². The summed E-state index contributed by atoms with van der Waals surface area (Å²) in [5.41, 5.74) is 3.89. The molecule has 182 valence electrons. The second-order valence-corrected chi connectivity index (χ2v) is 9.99. The van der Waals surface area contributed by atoms with Gasteiger partial charge in [-0.05, 0) is 48.2 Å². The van der Waals surface area contributed by atoms with Gasteiger partial charge in [-0.3, -0.25) is 14.5 Å². The number of hydrogen-bond acceptors (Lipinski definition) is 5. The molecule has 0 radical (unpaired) electrons. The van der Waals surface area contributed by atoms with Gasteiger partial charge in [-0.25, -0.2) is 4.99 Å². The lowest BCUT2D eigenvalue weighted by molar-refractivity contribution is -0.122. The zero-order valence-corrected chi connectivity index (χ0v) is 21.1. The van der Waals surface area contributed by atoms with E-state index in [-0.39, 0.29) is 18.2 Å². The summed E-state index contributed by atoms with van der Waals surface area (Å²) in [7, 11) is 0. The number of carbonyl (C=O) groups excluding carboxylic acids is 2. The molecule has 0 aliphatic carbocycles. The molecule has 5 rings (SSSR count). The lowest BCUT2D eigenvalue weighted by Gasteiger charge is -2.31. The minimum absolute atomic E-state index is 0.0723. The van der Waals surface area contributed by atoms with Crippen molar-refractivity contribution in [3.8, 4) is 0 Å². The maximum absolute atomic E-state index is 13.0. The van der Waals surface area contributed by atoms with E-state index in [0.717, 1.165) is 23.2 Å². The first-order valence-electron chi connectivity index (χ1n) is 11.9. The van der Waals surface area contributed by atoms with Gasteiger partial charge in [0.05, 0.1) is 5.69 Å². The van der Waals surface area contributed by atoms with Gasteiger partial charge in [0.25, 0.3) is 5.91 Å². The highest BCUT2D eigenvalue weighted by molar-refractivity contribution is 8.13. The largest absolute Gasteiger partial charge is 0.356 e. The van der Waals surface area contributed by atoms with Crippen molar-refractivity contribution in [1.29, 1.82) is 0 Å². The van der Waals surface area contributed by atoms with Crippen molar-refractivity contribution in [2.75, 3.05) is 6.54 Å². The molecule has 3 aromatic rings. The van der Waals surface area contributed by atoms with Gasteiger partial charge in [0.15, 0.2) is 5.17 Å². The summed E-state index contributed by atoms with van der Waals surface area (Å²) in [4.78, 5) is 36.7. The standard InChI is InChI=1S/C28H25ClN4O2S/c29-21-12-10-20(11-13-21)18-36-28-31-23-9-5-4-8-22(23)26-32-27(35)24(33(26)28)14-15-25(34)30-17-16-19-6-2-1-3-7-19/h1-13,24H,14-18H2,(H,30,34). The van der Waals surface area contributed by atoms with E-state index in [1.165, 1.54) is 5.56 Å². The molecular weight excluding hydrogens is 492 g/mol. The lowest BCUT2D eigenvalue weighted by Crippen LogP contribution is -2.44. The molecule has 3 aromatic carbocycles. The summed E-state index contributed by atoms with van der Waals surface area (Å²) in [6, 6.07) is 24.9. The number of nitrogens with zero attached hydrogens (tertiary/aromatic N) is 3. The maximum Gasteiger partial charge on any atom is 0.270 e. The van der Waals surface area contributed by atoms with E-state index in [1.807, 2.05) is 83.8 Å². The van der Waals surface area contributed by atoms with Crippen molar-refractivity contribution in [3.63, 3.8) is 0 Å². The van der Waals surface area contributed by atoms with Crippen LogP contribution in [-0.2, 0) is 21.8 Å². The number of aliphatic imine (C=N–C) groups is 2. The smallest absolute Gasteiger partial charge is 0.270 e. The normalized spacial score (nSPS) is 16.2. The highest BCUT2D eigenvalue weighted by atomic mass is 35.5. The highest BCUT2D eigenvalue weighted by Gasteiger charge is 2.41. The SMILES string of the molecule is O=C(CCC1C(=O)N=C2c3ccccc3N=C(SCc3ccc(Cl)cc3)N21)NCCc1ccccc1. The molecular formula is C28H25ClN4O2S. The Morgan fingerprint density at radius 3 is 2.50 bits per heavy atom. The lowest BCUT2D eigenvalue weighted by atomic mass is 10.1. The van der Waals surface area contributed by atoms with Crippen LogP contribution in [0.1, 0.15) is 29.5 Å². The van der Waals surface area contributed by atoms with E-state index in [9.17, 15) is 9.59 Å². The van der Waals surface area contributed by atoms with E-state index in [0.29, 0.717) is 34.7 Å². The fourth-order valence-corrected chi connectivity index (χ4v) is 5.38. The minimum atomic E-state index is -0.551. The van der Waals surface area contributed by atoms with Gasteiger partial charge in [0.1, 0.15) is 11.9 Å². The number of fused-ring (bicyclic) bond motifs is 3. The fraction of sp³-hybridized carbons (Fsp3) is 0.214. The van der Waals surface area contributed by atoms with Gasteiger partial charge < -0.3 is 5.32 Å². The number of nitrogens with one attached hydrogen (secondary N) is 1. The van der Waals surface area contributed by atoms with E-state index in [2.05, 4.69) is 10.3 Å². The number of thioether (sulfide) groups is 1. The van der Waals surface area contributed by atoms with E-state index >= 15 is 0 Å². The van der Waals surface area contributed by atoms with Crippen molar-refractivity contribution in [2.45, 2.75) is 31.1 Å². The number of hydrogen-bond donors (Lipinski definition) is 1. The number of halogens is 1. The number of para-hydroxylation sites is 1. The molecule has 2 heterocycles. The molecule has 6 nitrogen and oxygen atoms in total. The van der Waals surface area contributed by atoms with Crippen LogP contribution >= 0.6 is 23.4 Å². The molecule has 0 spiro atoms. The first kappa shape index (κ1) is 24.3. The summed E-state index contributed by atoms with van der Waals surface area (Å²) in [6.07, 6.45) is 1.37. The van der Waals surface area contributed by atoms with Crippen molar-refractivity contribution in [3.05, 3.63) is 101 Å². The van der Waals surface area contributed by atoms with Crippen LogP contribution in [0.3, 0.4) is 0 Å². The summed E-state index contributed by atoms with van der Waals surface area (Å²) in [5, 5.41) is 4.37. The Balaban J connectivity index is 1.26. The van der Waals surface area contributed by atoms with Gasteiger partial charge in [-0.15, -0.1) is 0 Å². The molecule has 2 aliphatic rings. The topological polar surface area (TPSA) is 74.1 Å². The van der Waals surface area contributed by atoms with Crippen LogP contribution in [0.5, 0.6) is 0 Å². The number of amidine groups is 2. The number of benzene rings is 3. The molecule has 0 fully saturated rings. The third kappa shape index (κ3) is 5.53. The van der Waals surface area contributed by atoms with Crippen LogP contribution in [0.2, 0.25) is 5.02 Å². The zero-order valence-electron chi connectivity index (χ0n) is 19.6. The molecule has 0 saturated carbocycles. The van der Waals surface area contributed by atoms with E-state index < -0.39 is 6.04 Å². The number of rotatable bonds is 8. The Labute approximate surface area is 219 Å². The third-order valence-corrected chi connectivity index (χ3v) is 7.39. The van der Waals surface area contributed by atoms with Crippen LogP contribution in [0, 0.1) is 0 Å². The monoisotopic (exact) mass is 516 g/mol. The molecule has 0 saturated heterocycles. The average molecular weight is 517 g/mol. The van der Waals surface area contributed by atoms with Crippen LogP contribution in [0.25, 0.3) is 0 Å². The van der Waals surface area contributed by atoms with Crippen molar-refractivity contribution < 1.29 is 9.59 Å². The Bertz CT molecular complexity index is 1320. The second-order valence-electron chi connectivity index (χ2n) is 8.61. The highest BCUT2D eigenvalue weighted by Crippen LogP contribution is 2.36. The Hall–Kier alpha value is -3.42. The molecule has 1 atom stereocenters. The molecule has 1 N–H and O–H groups in total.